The van der Waals surface area contributed by atoms with Crippen LogP contribution in [0, 0.1) is 5.92 Å². The minimum absolute atomic E-state index is 0.623. The molecule has 1 aromatic rings. The molecule has 0 aromatic heterocycles. The van der Waals surface area contributed by atoms with Crippen molar-refractivity contribution in [2.45, 2.75) is 19.3 Å². The summed E-state index contributed by atoms with van der Waals surface area (Å²) in [6.45, 7) is 7.69. The number of nitrogens with zero attached hydrogens (tertiary/aromatic N) is 2. The van der Waals surface area contributed by atoms with Gasteiger partial charge in [0.25, 0.3) is 0 Å². The van der Waals surface area contributed by atoms with Crippen LogP contribution in [-0.2, 0) is 4.74 Å². The largest absolute Gasteiger partial charge is 0.380 e. The zero-order valence-corrected chi connectivity index (χ0v) is 14.0. The normalized spacial score (nSPS) is 20.0. The topological polar surface area (TPSA) is 53.8 Å². The summed E-state index contributed by atoms with van der Waals surface area (Å²) in [6, 6.07) is 9.07. The maximum absolute atomic E-state index is 5.59. The molecule has 2 aliphatic rings. The number of rotatable bonds is 6. The number of nitrogens with one attached hydrogen (secondary N) is 1. The second kappa shape index (κ2) is 8.52. The standard InChI is InChI=1S/C18H30N4O/c19-8-13-23-14-16-6-11-21(12-7-16)17-2-4-18(5-3-17)22-10-1-9-20-15-22/h2-5,16,20H,1,6-15,19H2. The molecule has 0 saturated carbocycles. The molecule has 5 nitrogen and oxygen atoms in total. The maximum Gasteiger partial charge on any atom is 0.0682 e. The van der Waals surface area contributed by atoms with Crippen molar-refractivity contribution in [3.8, 4) is 0 Å². The van der Waals surface area contributed by atoms with Gasteiger partial charge in [0.2, 0.25) is 0 Å². The second-order valence-electron chi connectivity index (χ2n) is 6.59. The van der Waals surface area contributed by atoms with Gasteiger partial charge < -0.3 is 20.3 Å². The van der Waals surface area contributed by atoms with Crippen LogP contribution < -0.4 is 20.9 Å². The monoisotopic (exact) mass is 318 g/mol. The van der Waals surface area contributed by atoms with Gasteiger partial charge in [-0.3, -0.25) is 5.32 Å². The number of hydrogen-bond donors (Lipinski definition) is 2. The Bertz CT molecular complexity index is 451. The van der Waals surface area contributed by atoms with Crippen LogP contribution in [0.1, 0.15) is 19.3 Å². The molecule has 1 aromatic carbocycles. The van der Waals surface area contributed by atoms with Crippen LogP contribution >= 0.6 is 0 Å². The highest BCUT2D eigenvalue weighted by atomic mass is 16.5. The molecule has 2 saturated heterocycles. The first-order valence-corrected chi connectivity index (χ1v) is 8.95. The van der Waals surface area contributed by atoms with Crippen LogP contribution in [0.2, 0.25) is 0 Å². The van der Waals surface area contributed by atoms with Crippen molar-refractivity contribution in [1.82, 2.24) is 5.32 Å². The molecule has 0 aliphatic carbocycles. The molecule has 3 N–H and O–H groups in total. The lowest BCUT2D eigenvalue weighted by molar-refractivity contribution is 0.0961. The van der Waals surface area contributed by atoms with E-state index in [9.17, 15) is 0 Å². The molecule has 2 fully saturated rings. The summed E-state index contributed by atoms with van der Waals surface area (Å²) in [5, 5.41) is 3.43. The lowest BCUT2D eigenvalue weighted by atomic mass is 9.97. The Kier molecular flexibility index (Phi) is 6.13. The first kappa shape index (κ1) is 16.6. The average Bonchev–Trinajstić information content (AvgIpc) is 2.63. The first-order chi connectivity index (χ1) is 11.4. The summed E-state index contributed by atoms with van der Waals surface area (Å²) in [7, 11) is 0. The molecule has 2 heterocycles. The van der Waals surface area contributed by atoms with Gasteiger partial charge in [0, 0.05) is 44.2 Å². The van der Waals surface area contributed by atoms with E-state index < -0.39 is 0 Å². The highest BCUT2D eigenvalue weighted by Gasteiger charge is 2.20. The molecule has 3 rings (SSSR count). The molecule has 23 heavy (non-hydrogen) atoms. The van der Waals surface area contributed by atoms with Gasteiger partial charge in [0.15, 0.2) is 0 Å². The van der Waals surface area contributed by atoms with Crippen molar-refractivity contribution in [3.63, 3.8) is 0 Å². The third kappa shape index (κ3) is 4.59. The Morgan fingerprint density at radius 1 is 1.04 bits per heavy atom. The number of piperidine rings is 1. The van der Waals surface area contributed by atoms with Crippen LogP contribution in [0.15, 0.2) is 24.3 Å². The lowest BCUT2D eigenvalue weighted by Gasteiger charge is -2.34. The maximum atomic E-state index is 5.59. The number of hydrogen-bond acceptors (Lipinski definition) is 5. The van der Waals surface area contributed by atoms with E-state index in [2.05, 4.69) is 39.4 Å². The van der Waals surface area contributed by atoms with Gasteiger partial charge in [0.1, 0.15) is 0 Å². The van der Waals surface area contributed by atoms with E-state index in [1.165, 1.54) is 30.6 Å². The summed E-state index contributed by atoms with van der Waals surface area (Å²) >= 11 is 0. The Balaban J connectivity index is 1.48. The quantitative estimate of drug-likeness (QED) is 0.781. The van der Waals surface area contributed by atoms with Crippen LogP contribution in [0.25, 0.3) is 0 Å². The van der Waals surface area contributed by atoms with Crippen LogP contribution in [0.4, 0.5) is 11.4 Å². The molecule has 0 radical (unpaired) electrons. The van der Waals surface area contributed by atoms with Crippen molar-refractivity contribution in [3.05, 3.63) is 24.3 Å². The van der Waals surface area contributed by atoms with E-state index in [0.29, 0.717) is 19.1 Å². The first-order valence-electron chi connectivity index (χ1n) is 8.95. The lowest BCUT2D eigenvalue weighted by Crippen LogP contribution is -2.41. The predicted octanol–water partition coefficient (Wildman–Crippen LogP) is 1.64. The Morgan fingerprint density at radius 2 is 1.74 bits per heavy atom. The SMILES string of the molecule is NCCOCC1CCN(c2ccc(N3CCCNC3)cc2)CC1. The van der Waals surface area contributed by atoms with Crippen LogP contribution in [0.5, 0.6) is 0 Å². The van der Waals surface area contributed by atoms with E-state index in [0.717, 1.165) is 39.5 Å². The summed E-state index contributed by atoms with van der Waals surface area (Å²) < 4.78 is 5.59. The highest BCUT2D eigenvalue weighted by Crippen LogP contribution is 2.26. The molecule has 0 bridgehead atoms. The smallest absolute Gasteiger partial charge is 0.0682 e. The zero-order valence-electron chi connectivity index (χ0n) is 14.0. The zero-order chi connectivity index (χ0) is 15.9. The van der Waals surface area contributed by atoms with Gasteiger partial charge in [-0.15, -0.1) is 0 Å². The van der Waals surface area contributed by atoms with Gasteiger partial charge in [-0.1, -0.05) is 0 Å². The van der Waals surface area contributed by atoms with E-state index in [1.807, 2.05) is 0 Å². The molecule has 0 amide bonds. The third-order valence-corrected chi connectivity index (χ3v) is 4.89. The molecule has 0 spiro atoms. The van der Waals surface area contributed by atoms with Crippen molar-refractivity contribution >= 4 is 11.4 Å². The van der Waals surface area contributed by atoms with Gasteiger partial charge in [0.05, 0.1) is 13.3 Å². The van der Waals surface area contributed by atoms with Gasteiger partial charge in [-0.25, -0.2) is 0 Å². The molecule has 2 aliphatic heterocycles. The van der Waals surface area contributed by atoms with E-state index in [-0.39, 0.29) is 0 Å². The van der Waals surface area contributed by atoms with Gasteiger partial charge >= 0.3 is 0 Å². The van der Waals surface area contributed by atoms with Crippen molar-refractivity contribution in [1.29, 1.82) is 0 Å². The van der Waals surface area contributed by atoms with Crippen LogP contribution in [-0.4, -0.2) is 52.6 Å². The fourth-order valence-corrected chi connectivity index (χ4v) is 3.47. The Labute approximate surface area is 139 Å². The number of anilines is 2. The van der Waals surface area contributed by atoms with Crippen molar-refractivity contribution in [2.24, 2.45) is 11.7 Å². The number of nitrogens with two attached hydrogens (primary N) is 1. The Hall–Kier alpha value is -1.30. The fraction of sp³-hybridized carbons (Fsp3) is 0.667. The van der Waals surface area contributed by atoms with Crippen molar-refractivity contribution in [2.75, 3.05) is 62.4 Å². The van der Waals surface area contributed by atoms with Crippen LogP contribution in [0.3, 0.4) is 0 Å². The minimum Gasteiger partial charge on any atom is -0.380 e. The van der Waals surface area contributed by atoms with E-state index >= 15 is 0 Å². The predicted molar refractivity (Wildman–Crippen MR) is 96.1 cm³/mol. The number of benzene rings is 1. The van der Waals surface area contributed by atoms with Crippen molar-refractivity contribution < 1.29 is 4.74 Å². The second-order valence-corrected chi connectivity index (χ2v) is 6.59. The summed E-state index contributed by atoms with van der Waals surface area (Å²) in [6.07, 6.45) is 3.65. The van der Waals surface area contributed by atoms with E-state index in [4.69, 9.17) is 10.5 Å². The minimum atomic E-state index is 0.623. The summed E-state index contributed by atoms with van der Waals surface area (Å²) in [5.41, 5.74) is 8.14. The summed E-state index contributed by atoms with van der Waals surface area (Å²) in [5.74, 6) is 0.691. The fourth-order valence-electron chi connectivity index (χ4n) is 3.47. The molecule has 128 valence electrons. The average molecular weight is 318 g/mol. The van der Waals surface area contributed by atoms with E-state index in [1.54, 1.807) is 0 Å². The van der Waals surface area contributed by atoms with Gasteiger partial charge in [-0.2, -0.15) is 0 Å². The van der Waals surface area contributed by atoms with Gasteiger partial charge in [-0.05, 0) is 56.0 Å². The molecular formula is C18H30N4O. The molecule has 0 unspecified atom stereocenters. The number of ether oxygens (including phenoxy) is 1. The summed E-state index contributed by atoms with van der Waals surface area (Å²) in [4.78, 5) is 4.91. The highest BCUT2D eigenvalue weighted by molar-refractivity contribution is 5.56. The molecule has 5 heteroatoms. The molecular weight excluding hydrogens is 288 g/mol. The third-order valence-electron chi connectivity index (χ3n) is 4.89. The molecule has 0 atom stereocenters. The Morgan fingerprint density at radius 3 is 2.35 bits per heavy atom.